The van der Waals surface area contributed by atoms with Gasteiger partial charge >= 0.3 is 5.97 Å². The van der Waals surface area contributed by atoms with Crippen molar-refractivity contribution in [2.75, 3.05) is 25.0 Å². The van der Waals surface area contributed by atoms with Crippen LogP contribution in [-0.4, -0.2) is 47.2 Å². The Kier molecular flexibility index (Phi) is 10.3. The van der Waals surface area contributed by atoms with Crippen LogP contribution in [0.5, 0.6) is 0 Å². The number of carbonyl (C=O) groups excluding carboxylic acids is 1. The topological polar surface area (TPSA) is 81.7 Å². The van der Waals surface area contributed by atoms with Crippen molar-refractivity contribution < 1.29 is 14.7 Å². The minimum Gasteiger partial charge on any atom is -0.478 e. The summed E-state index contributed by atoms with van der Waals surface area (Å²) in [5.74, 6) is -1.14. The third-order valence-electron chi connectivity index (χ3n) is 4.30. The predicted molar refractivity (Wildman–Crippen MR) is 134 cm³/mol. The summed E-state index contributed by atoms with van der Waals surface area (Å²) >= 11 is 6.43. The lowest BCUT2D eigenvalue weighted by atomic mass is 10.0. The van der Waals surface area contributed by atoms with Crippen molar-refractivity contribution in [2.24, 2.45) is 0 Å². The molecule has 1 amide bonds. The number of nitrogens with one attached hydrogen (secondary N) is 2. The second-order valence-corrected chi connectivity index (χ2v) is 9.12. The number of carboxylic acids is 1. The third-order valence-corrected chi connectivity index (χ3v) is 7.08. The molecule has 1 rings (SSSR count). The molecule has 0 spiro atoms. The second kappa shape index (κ2) is 11.1. The number of halogens is 3. The van der Waals surface area contributed by atoms with E-state index in [1.54, 1.807) is 6.08 Å². The van der Waals surface area contributed by atoms with E-state index in [0.29, 0.717) is 40.9 Å². The number of hydrogen-bond acceptors (Lipinski definition) is 4. The fraction of sp³-hybridized carbons (Fsp3) is 0.444. The third kappa shape index (κ3) is 5.47. The first-order valence-corrected chi connectivity index (χ1v) is 11.8. The van der Waals surface area contributed by atoms with E-state index in [1.165, 1.54) is 0 Å². The lowest BCUT2D eigenvalue weighted by Crippen LogP contribution is -2.60. The summed E-state index contributed by atoms with van der Waals surface area (Å²) in [4.78, 5) is 26.7. The first-order chi connectivity index (χ1) is 12.7. The number of rotatable bonds is 10. The molecular weight excluding hydrogens is 687 g/mol. The Hall–Kier alpha value is -0.150. The molecule has 0 aliphatic rings. The van der Waals surface area contributed by atoms with Crippen LogP contribution in [0.3, 0.4) is 0 Å². The van der Waals surface area contributed by atoms with Gasteiger partial charge in [0.15, 0.2) is 5.66 Å². The number of hydrogen-bond donors (Lipinski definition) is 3. The molecular formula is C18H24I3N3O3. The van der Waals surface area contributed by atoms with Crippen LogP contribution in [0, 0.1) is 10.7 Å². The maximum Gasteiger partial charge on any atom is 0.344 e. The molecule has 0 saturated heterocycles. The van der Waals surface area contributed by atoms with E-state index >= 15 is 0 Å². The number of anilines is 1. The first-order valence-electron chi connectivity index (χ1n) is 8.53. The number of aliphatic carboxylic acids is 1. The summed E-state index contributed by atoms with van der Waals surface area (Å²) in [5.41, 5.74) is -0.0437. The Morgan fingerprint density at radius 1 is 1.22 bits per heavy atom. The molecule has 3 N–H and O–H groups in total. The minimum atomic E-state index is -1.25. The average molecular weight is 711 g/mol. The molecule has 0 saturated carbocycles. The molecule has 0 radical (unpaired) electrons. The Labute approximate surface area is 201 Å². The van der Waals surface area contributed by atoms with Crippen molar-refractivity contribution in [3.63, 3.8) is 0 Å². The molecule has 0 heterocycles. The van der Waals surface area contributed by atoms with E-state index in [2.05, 4.69) is 85.0 Å². The van der Waals surface area contributed by atoms with Gasteiger partial charge in [-0.2, -0.15) is 0 Å². The summed E-state index contributed by atoms with van der Waals surface area (Å²) in [6.07, 6.45) is 2.00. The van der Waals surface area contributed by atoms with Crippen LogP contribution in [0.25, 0.3) is 0 Å². The van der Waals surface area contributed by atoms with Gasteiger partial charge in [0.05, 0.1) is 14.8 Å². The van der Waals surface area contributed by atoms with Gasteiger partial charge in [-0.15, -0.1) is 6.58 Å². The summed E-state index contributed by atoms with van der Waals surface area (Å²) in [7, 11) is 0. The molecule has 0 aromatic heterocycles. The van der Waals surface area contributed by atoms with Crippen LogP contribution in [0.1, 0.15) is 37.6 Å². The number of carbonyl (C=O) groups is 2. The zero-order valence-corrected chi connectivity index (χ0v) is 22.0. The van der Waals surface area contributed by atoms with Crippen molar-refractivity contribution in [3.8, 4) is 0 Å². The summed E-state index contributed by atoms with van der Waals surface area (Å²) in [6.45, 7) is 10.9. The minimum absolute atomic E-state index is 0.205. The van der Waals surface area contributed by atoms with Gasteiger partial charge in [0.2, 0.25) is 0 Å². The summed E-state index contributed by atoms with van der Waals surface area (Å²) < 4.78 is 2.39. The molecule has 0 aliphatic carbocycles. The Balaban J connectivity index is 3.54. The molecule has 9 heteroatoms. The van der Waals surface area contributed by atoms with Gasteiger partial charge in [0.1, 0.15) is 0 Å². The van der Waals surface area contributed by atoms with Crippen LogP contribution >= 0.6 is 67.8 Å². The molecule has 27 heavy (non-hydrogen) atoms. The number of likely N-dealkylation sites (N-methyl/N-ethyl adjacent to an activating group) is 1. The van der Waals surface area contributed by atoms with Gasteiger partial charge in [-0.3, -0.25) is 9.69 Å². The van der Waals surface area contributed by atoms with E-state index in [-0.39, 0.29) is 5.91 Å². The van der Waals surface area contributed by atoms with Gasteiger partial charge < -0.3 is 15.7 Å². The lowest BCUT2D eigenvalue weighted by Gasteiger charge is -2.40. The zero-order valence-electron chi connectivity index (χ0n) is 15.5. The lowest BCUT2D eigenvalue weighted by molar-refractivity contribution is -0.149. The van der Waals surface area contributed by atoms with Crippen molar-refractivity contribution >= 4 is 85.3 Å². The highest BCUT2D eigenvalue weighted by molar-refractivity contribution is 14.1. The quantitative estimate of drug-likeness (QED) is 0.191. The Morgan fingerprint density at radius 2 is 1.81 bits per heavy atom. The molecule has 6 nitrogen and oxygen atoms in total. The van der Waals surface area contributed by atoms with Gasteiger partial charge in [-0.25, -0.2) is 4.79 Å². The van der Waals surface area contributed by atoms with Crippen LogP contribution in [0.15, 0.2) is 18.7 Å². The van der Waals surface area contributed by atoms with E-state index in [0.717, 1.165) is 7.14 Å². The Morgan fingerprint density at radius 3 is 2.26 bits per heavy atom. The van der Waals surface area contributed by atoms with Crippen molar-refractivity contribution in [1.82, 2.24) is 10.2 Å². The van der Waals surface area contributed by atoms with Crippen LogP contribution in [-0.2, 0) is 4.79 Å². The van der Waals surface area contributed by atoms with Crippen molar-refractivity contribution in [2.45, 2.75) is 32.9 Å². The standard InChI is InChI=1S/C18H24I3N3O3/c1-5-9-22-16(25)13-11(19)10-12(20)15(14(13)21)23-18(6-2,17(26)27)24(7-3)8-4/h5,10,23H,1,6-9H2,2-4H3,(H,22,25)(H,26,27). The van der Waals surface area contributed by atoms with Gasteiger partial charge in [-0.05, 0) is 93.3 Å². The molecule has 150 valence electrons. The molecule has 1 aromatic rings. The van der Waals surface area contributed by atoms with E-state index < -0.39 is 11.6 Å². The van der Waals surface area contributed by atoms with Crippen LogP contribution < -0.4 is 10.6 Å². The van der Waals surface area contributed by atoms with Crippen LogP contribution in [0.2, 0.25) is 0 Å². The molecule has 0 fully saturated rings. The first kappa shape index (κ1) is 24.9. The van der Waals surface area contributed by atoms with Gasteiger partial charge in [-0.1, -0.05) is 26.8 Å². The fourth-order valence-electron chi connectivity index (χ4n) is 2.87. The van der Waals surface area contributed by atoms with E-state index in [1.807, 2.05) is 31.7 Å². The molecule has 1 atom stereocenters. The number of benzene rings is 1. The molecule has 0 aliphatic heterocycles. The van der Waals surface area contributed by atoms with Crippen molar-refractivity contribution in [1.29, 1.82) is 0 Å². The molecule has 0 bridgehead atoms. The SMILES string of the molecule is C=CCNC(=O)c1c(I)cc(I)c(NC(CC)(C(=O)O)N(CC)CC)c1I. The smallest absolute Gasteiger partial charge is 0.344 e. The number of amides is 1. The zero-order chi connectivity index (χ0) is 20.8. The number of carboxylic acid groups (broad SMARTS) is 1. The monoisotopic (exact) mass is 711 g/mol. The predicted octanol–water partition coefficient (Wildman–Crippen LogP) is 4.36. The fourth-order valence-corrected chi connectivity index (χ4v) is 7.00. The van der Waals surface area contributed by atoms with Gasteiger partial charge in [0, 0.05) is 13.7 Å². The highest BCUT2D eigenvalue weighted by Gasteiger charge is 2.42. The highest BCUT2D eigenvalue weighted by atomic mass is 127. The average Bonchev–Trinajstić information content (AvgIpc) is 2.62. The number of nitrogens with zero attached hydrogens (tertiary/aromatic N) is 1. The summed E-state index contributed by atoms with van der Waals surface area (Å²) in [5, 5.41) is 16.1. The summed E-state index contributed by atoms with van der Waals surface area (Å²) in [6, 6.07) is 1.89. The maximum atomic E-state index is 12.6. The highest BCUT2D eigenvalue weighted by Crippen LogP contribution is 2.35. The van der Waals surface area contributed by atoms with E-state index in [4.69, 9.17) is 0 Å². The van der Waals surface area contributed by atoms with E-state index in [9.17, 15) is 14.7 Å². The maximum absolute atomic E-state index is 12.6. The second-order valence-electron chi connectivity index (χ2n) is 5.72. The van der Waals surface area contributed by atoms with Crippen LogP contribution in [0.4, 0.5) is 5.69 Å². The molecule has 1 unspecified atom stereocenters. The van der Waals surface area contributed by atoms with Crippen molar-refractivity contribution in [3.05, 3.63) is 35.0 Å². The normalized spacial score (nSPS) is 13.1. The van der Waals surface area contributed by atoms with Gasteiger partial charge in [0.25, 0.3) is 5.91 Å². The molecule has 1 aromatic carbocycles. The Bertz CT molecular complexity index is 724. The largest absolute Gasteiger partial charge is 0.478 e.